The normalized spacial score (nSPS) is 12.0. The van der Waals surface area contributed by atoms with E-state index in [2.05, 4.69) is 9.68 Å². The third-order valence-electron chi connectivity index (χ3n) is 5.53. The van der Waals surface area contributed by atoms with Crippen LogP contribution < -0.4 is 15.2 Å². The molecule has 0 radical (unpaired) electrons. The Labute approximate surface area is 231 Å². The minimum atomic E-state index is -1.65. The molecule has 0 bridgehead atoms. The minimum absolute atomic E-state index is 0.0549. The van der Waals surface area contributed by atoms with Crippen LogP contribution in [-0.2, 0) is 34.1 Å². The summed E-state index contributed by atoms with van der Waals surface area (Å²) in [5.41, 5.74) is 5.53. The van der Waals surface area contributed by atoms with Crippen LogP contribution >= 0.6 is 0 Å². The highest BCUT2D eigenvalue weighted by atomic mass is 17.0. The van der Waals surface area contributed by atoms with E-state index < -0.39 is 33.6 Å². The van der Waals surface area contributed by atoms with E-state index in [1.54, 1.807) is 0 Å². The zero-order valence-electron chi connectivity index (χ0n) is 21.4. The number of carbonyl (C=O) groups is 3. The average molecular weight is 569 g/mol. The Bertz CT molecular complexity index is 1450. The number of aliphatic carboxylic acids is 1. The molecule has 41 heavy (non-hydrogen) atoms. The fourth-order valence-corrected chi connectivity index (χ4v) is 3.37. The van der Waals surface area contributed by atoms with Gasteiger partial charge in [0.25, 0.3) is 10.2 Å². The summed E-state index contributed by atoms with van der Waals surface area (Å²) in [6, 6.07) is 15.2. The monoisotopic (exact) mass is 569 g/mol. The fraction of sp³-hybridized carbons (Fsp3) is 0.192. The molecular formula is C26H23N3O12. The van der Waals surface area contributed by atoms with Gasteiger partial charge in [-0.2, -0.15) is 0 Å². The van der Waals surface area contributed by atoms with Gasteiger partial charge in [-0.15, -0.1) is 20.2 Å². The molecular weight excluding hydrogens is 546 g/mol. The van der Waals surface area contributed by atoms with E-state index in [0.717, 1.165) is 0 Å². The van der Waals surface area contributed by atoms with E-state index in [0.29, 0.717) is 16.7 Å². The molecule has 0 amide bonds. The van der Waals surface area contributed by atoms with Crippen molar-refractivity contribution in [2.24, 2.45) is 5.73 Å². The fourth-order valence-electron chi connectivity index (χ4n) is 3.37. The number of hydrogen-bond acceptors (Lipinski definition) is 12. The van der Waals surface area contributed by atoms with Crippen LogP contribution in [0, 0.1) is 20.2 Å². The number of esters is 2. The van der Waals surface area contributed by atoms with Crippen molar-refractivity contribution in [3.8, 4) is 11.5 Å². The molecule has 0 aliphatic heterocycles. The zero-order valence-corrected chi connectivity index (χ0v) is 21.4. The summed E-state index contributed by atoms with van der Waals surface area (Å²) in [6.45, 7) is 0.666. The number of nitrogens with zero attached hydrogens (tertiary/aromatic N) is 2. The molecule has 15 nitrogen and oxygen atoms in total. The summed E-state index contributed by atoms with van der Waals surface area (Å²) in [4.78, 5) is 66.4. The molecule has 3 rings (SSSR count). The van der Waals surface area contributed by atoms with Crippen LogP contribution in [0.5, 0.6) is 11.5 Å². The van der Waals surface area contributed by atoms with Gasteiger partial charge in [-0.3, -0.25) is 4.79 Å². The molecule has 3 aromatic rings. The average Bonchev–Trinajstić information content (AvgIpc) is 2.92. The van der Waals surface area contributed by atoms with Gasteiger partial charge in [0.05, 0.1) is 11.1 Å². The molecule has 0 fully saturated rings. The second-order valence-electron chi connectivity index (χ2n) is 8.85. The number of carboxylic acid groups (broad SMARTS) is 1. The first-order valence-corrected chi connectivity index (χ1v) is 11.7. The number of nitrogens with two attached hydrogens (primary N) is 1. The zero-order chi connectivity index (χ0) is 30.2. The van der Waals surface area contributed by atoms with Crippen LogP contribution in [0.2, 0.25) is 0 Å². The highest BCUT2D eigenvalue weighted by Gasteiger charge is 2.29. The summed E-state index contributed by atoms with van der Waals surface area (Å²) in [6.07, 6.45) is -0.153. The standard InChI is InChI=1S/C26H23N3O12/c1-26(27,25(32)33)13-18-6-11-21(40-23(30)19-7-2-16(3-8-19)14-38-28(34)35)22(12-18)41-24(31)20-9-4-17(5-10-20)15-39-29(36)37/h2-12H,13-15,27H2,1H3,(H,32,33). The van der Waals surface area contributed by atoms with Crippen LogP contribution in [0.4, 0.5) is 0 Å². The number of carboxylic acids is 1. The van der Waals surface area contributed by atoms with Crippen molar-refractivity contribution in [3.05, 3.63) is 115 Å². The Morgan fingerprint density at radius 3 is 1.59 bits per heavy atom. The summed E-state index contributed by atoms with van der Waals surface area (Å²) in [5, 5.41) is 28.2. The Morgan fingerprint density at radius 2 is 1.17 bits per heavy atom. The van der Waals surface area contributed by atoms with Crippen molar-refractivity contribution in [1.29, 1.82) is 0 Å². The SMILES string of the molecule is CC(N)(Cc1ccc(OC(=O)c2ccc(CO[N+](=O)[O-])cc2)c(OC(=O)c2ccc(CO[N+](=O)[O-])cc2)c1)C(=O)O. The van der Waals surface area contributed by atoms with E-state index in [-0.39, 0.29) is 42.3 Å². The lowest BCUT2D eigenvalue weighted by Crippen LogP contribution is -2.46. The second-order valence-corrected chi connectivity index (χ2v) is 8.85. The van der Waals surface area contributed by atoms with Gasteiger partial charge >= 0.3 is 17.9 Å². The first kappa shape index (κ1) is 30.0. The number of carbonyl (C=O) groups excluding carboxylic acids is 2. The third kappa shape index (κ3) is 8.72. The Balaban J connectivity index is 1.84. The minimum Gasteiger partial charge on any atom is -0.480 e. The van der Waals surface area contributed by atoms with Crippen molar-refractivity contribution in [1.82, 2.24) is 0 Å². The van der Waals surface area contributed by atoms with Crippen LogP contribution in [0.15, 0.2) is 66.7 Å². The molecule has 15 heteroatoms. The van der Waals surface area contributed by atoms with Gasteiger partial charge < -0.3 is 30.0 Å². The first-order chi connectivity index (χ1) is 19.3. The van der Waals surface area contributed by atoms with Crippen LogP contribution in [0.1, 0.15) is 44.3 Å². The largest absolute Gasteiger partial charge is 0.480 e. The van der Waals surface area contributed by atoms with Gasteiger partial charge in [-0.1, -0.05) is 30.3 Å². The van der Waals surface area contributed by atoms with Gasteiger partial charge in [0.2, 0.25) is 0 Å². The summed E-state index contributed by atoms with van der Waals surface area (Å²) in [5.74, 6) is -3.36. The van der Waals surface area contributed by atoms with Crippen molar-refractivity contribution in [2.45, 2.75) is 32.1 Å². The molecule has 0 heterocycles. The van der Waals surface area contributed by atoms with Gasteiger partial charge in [0.15, 0.2) is 11.5 Å². The Morgan fingerprint density at radius 1 is 0.756 bits per heavy atom. The molecule has 1 atom stereocenters. The highest BCUT2D eigenvalue weighted by Crippen LogP contribution is 2.31. The maximum Gasteiger partial charge on any atom is 0.343 e. The topological polar surface area (TPSA) is 221 Å². The van der Waals surface area contributed by atoms with Crippen molar-refractivity contribution in [3.63, 3.8) is 0 Å². The molecule has 0 saturated heterocycles. The quantitative estimate of drug-likeness (QED) is 0.131. The predicted molar refractivity (Wildman–Crippen MR) is 137 cm³/mol. The van der Waals surface area contributed by atoms with E-state index in [1.807, 2.05) is 0 Å². The molecule has 3 N–H and O–H groups in total. The molecule has 1 unspecified atom stereocenters. The smallest absolute Gasteiger partial charge is 0.343 e. The lowest BCUT2D eigenvalue weighted by Gasteiger charge is -2.20. The van der Waals surface area contributed by atoms with Crippen LogP contribution in [-0.4, -0.2) is 38.7 Å². The highest BCUT2D eigenvalue weighted by molar-refractivity contribution is 5.93. The molecule has 0 aliphatic rings. The van der Waals surface area contributed by atoms with Crippen molar-refractivity contribution in [2.75, 3.05) is 0 Å². The maximum absolute atomic E-state index is 12.9. The van der Waals surface area contributed by atoms with Crippen LogP contribution in [0.3, 0.4) is 0 Å². The number of benzene rings is 3. The second kappa shape index (κ2) is 13.0. The summed E-state index contributed by atoms with van der Waals surface area (Å²) >= 11 is 0. The molecule has 3 aromatic carbocycles. The predicted octanol–water partition coefficient (Wildman–Crippen LogP) is 2.89. The third-order valence-corrected chi connectivity index (χ3v) is 5.53. The van der Waals surface area contributed by atoms with E-state index >= 15 is 0 Å². The lowest BCUT2D eigenvalue weighted by atomic mass is 9.94. The Hall–Kier alpha value is -5.57. The molecule has 214 valence electrons. The van der Waals surface area contributed by atoms with Crippen molar-refractivity contribution >= 4 is 17.9 Å². The summed E-state index contributed by atoms with van der Waals surface area (Å²) < 4.78 is 10.9. The number of hydrogen-bond donors (Lipinski definition) is 2. The first-order valence-electron chi connectivity index (χ1n) is 11.7. The maximum atomic E-state index is 12.9. The van der Waals surface area contributed by atoms with Gasteiger partial charge in [-0.25, -0.2) is 9.59 Å². The molecule has 0 saturated carbocycles. The van der Waals surface area contributed by atoms with Crippen LogP contribution in [0.25, 0.3) is 0 Å². The number of ether oxygens (including phenoxy) is 2. The molecule has 0 spiro atoms. The van der Waals surface area contributed by atoms with E-state index in [9.17, 15) is 39.7 Å². The number of rotatable bonds is 13. The van der Waals surface area contributed by atoms with Gasteiger partial charge in [0.1, 0.15) is 18.8 Å². The van der Waals surface area contributed by atoms with Gasteiger partial charge in [0, 0.05) is 6.42 Å². The molecule has 0 aliphatic carbocycles. The van der Waals surface area contributed by atoms with E-state index in [1.165, 1.54) is 73.7 Å². The Kier molecular flexibility index (Phi) is 9.50. The van der Waals surface area contributed by atoms with E-state index in [4.69, 9.17) is 15.2 Å². The van der Waals surface area contributed by atoms with Gasteiger partial charge in [-0.05, 0) is 60.0 Å². The molecule has 0 aromatic heterocycles. The summed E-state index contributed by atoms with van der Waals surface area (Å²) in [7, 11) is 0. The lowest BCUT2D eigenvalue weighted by molar-refractivity contribution is -0.763. The van der Waals surface area contributed by atoms with Crippen molar-refractivity contribution < 1.29 is 48.8 Å².